The van der Waals surface area contributed by atoms with Gasteiger partial charge in [-0.05, 0) is 38.6 Å². The molecule has 3 atom stereocenters. The van der Waals surface area contributed by atoms with Crippen molar-refractivity contribution in [1.29, 1.82) is 0 Å². The summed E-state index contributed by atoms with van der Waals surface area (Å²) in [5.41, 5.74) is 0.445. The normalized spacial score (nSPS) is 29.4. The molecule has 0 radical (unpaired) electrons. The van der Waals surface area contributed by atoms with Gasteiger partial charge in [-0.25, -0.2) is 0 Å². The lowest BCUT2D eigenvalue weighted by atomic mass is 9.85. The maximum absolute atomic E-state index is 5.64. The van der Waals surface area contributed by atoms with Gasteiger partial charge in [-0.1, -0.05) is 20.8 Å². The molecule has 0 aromatic rings. The van der Waals surface area contributed by atoms with Crippen molar-refractivity contribution in [3.63, 3.8) is 0 Å². The molecule has 1 fully saturated rings. The molecular formula is C13H27NO. The van der Waals surface area contributed by atoms with Gasteiger partial charge in [0, 0.05) is 12.0 Å². The lowest BCUT2D eigenvalue weighted by molar-refractivity contribution is 0.116. The molecule has 2 nitrogen and oxygen atoms in total. The minimum Gasteiger partial charge on any atom is -0.378 e. The highest BCUT2D eigenvalue weighted by Crippen LogP contribution is 2.28. The van der Waals surface area contributed by atoms with Crippen molar-refractivity contribution >= 4 is 0 Å². The Balaban J connectivity index is 2.36. The molecular weight excluding hydrogens is 186 g/mol. The second-order valence-electron chi connectivity index (χ2n) is 6.13. The Bertz CT molecular complexity index is 185. The molecule has 1 aliphatic heterocycles. The number of rotatable bonds is 4. The molecule has 0 bridgehead atoms. The zero-order valence-corrected chi connectivity index (χ0v) is 11.0. The molecule has 0 aromatic heterocycles. The first kappa shape index (κ1) is 13.0. The van der Waals surface area contributed by atoms with Crippen LogP contribution in [-0.2, 0) is 4.74 Å². The second kappa shape index (κ2) is 5.31. The van der Waals surface area contributed by atoms with Crippen LogP contribution in [0.3, 0.4) is 0 Å². The first-order chi connectivity index (χ1) is 6.92. The van der Waals surface area contributed by atoms with Gasteiger partial charge in [0.1, 0.15) is 0 Å². The summed E-state index contributed by atoms with van der Waals surface area (Å²) in [6.45, 7) is 10.1. The Kier molecular flexibility index (Phi) is 4.60. The maximum Gasteiger partial charge on any atom is 0.0551 e. The summed E-state index contributed by atoms with van der Waals surface area (Å²) < 4.78 is 5.64. The smallest absolute Gasteiger partial charge is 0.0551 e. The van der Waals surface area contributed by atoms with E-state index in [-0.39, 0.29) is 0 Å². The first-order valence-electron chi connectivity index (χ1n) is 6.21. The summed E-state index contributed by atoms with van der Waals surface area (Å²) in [7, 11) is 2.08. The SMILES string of the molecule is CNC(CCC(C)(C)C)C1COC(C)C1. The summed E-state index contributed by atoms with van der Waals surface area (Å²) in [6.07, 6.45) is 4.22. The Morgan fingerprint density at radius 1 is 1.40 bits per heavy atom. The monoisotopic (exact) mass is 213 g/mol. The van der Waals surface area contributed by atoms with Crippen LogP contribution in [0, 0.1) is 11.3 Å². The van der Waals surface area contributed by atoms with Gasteiger partial charge >= 0.3 is 0 Å². The van der Waals surface area contributed by atoms with E-state index in [0.717, 1.165) is 6.61 Å². The molecule has 1 rings (SSSR count). The molecule has 1 aliphatic rings. The van der Waals surface area contributed by atoms with Crippen molar-refractivity contribution in [2.75, 3.05) is 13.7 Å². The molecule has 0 aliphatic carbocycles. The van der Waals surface area contributed by atoms with Gasteiger partial charge in [-0.2, -0.15) is 0 Å². The molecule has 0 aromatic carbocycles. The fourth-order valence-electron chi connectivity index (χ4n) is 2.33. The summed E-state index contributed by atoms with van der Waals surface area (Å²) in [6, 6.07) is 0.633. The highest BCUT2D eigenvalue weighted by Gasteiger charge is 2.29. The Labute approximate surface area is 94.8 Å². The lowest BCUT2D eigenvalue weighted by Gasteiger charge is -2.26. The average Bonchev–Trinajstić information content (AvgIpc) is 2.51. The number of hydrogen-bond donors (Lipinski definition) is 1. The van der Waals surface area contributed by atoms with E-state index in [9.17, 15) is 0 Å². The summed E-state index contributed by atoms with van der Waals surface area (Å²) in [5.74, 6) is 0.715. The molecule has 3 unspecified atom stereocenters. The van der Waals surface area contributed by atoms with Crippen LogP contribution in [0.1, 0.15) is 47.0 Å². The van der Waals surface area contributed by atoms with Crippen molar-refractivity contribution in [3.05, 3.63) is 0 Å². The third-order valence-corrected chi connectivity index (χ3v) is 3.37. The van der Waals surface area contributed by atoms with Gasteiger partial charge in [0.2, 0.25) is 0 Å². The average molecular weight is 213 g/mol. The Morgan fingerprint density at radius 2 is 2.07 bits per heavy atom. The highest BCUT2D eigenvalue weighted by atomic mass is 16.5. The van der Waals surface area contributed by atoms with E-state index in [1.54, 1.807) is 0 Å². The summed E-state index contributed by atoms with van der Waals surface area (Å²) >= 11 is 0. The number of ether oxygens (including phenoxy) is 1. The van der Waals surface area contributed by atoms with Crippen LogP contribution in [0.5, 0.6) is 0 Å². The van der Waals surface area contributed by atoms with Gasteiger partial charge in [-0.15, -0.1) is 0 Å². The minimum atomic E-state index is 0.445. The molecule has 1 heterocycles. The topological polar surface area (TPSA) is 21.3 Å². The number of hydrogen-bond acceptors (Lipinski definition) is 2. The molecule has 0 spiro atoms. The van der Waals surface area contributed by atoms with Gasteiger partial charge in [0.25, 0.3) is 0 Å². The zero-order chi connectivity index (χ0) is 11.5. The zero-order valence-electron chi connectivity index (χ0n) is 11.0. The van der Waals surface area contributed by atoms with Gasteiger partial charge in [0.15, 0.2) is 0 Å². The quantitative estimate of drug-likeness (QED) is 0.775. The van der Waals surface area contributed by atoms with Crippen LogP contribution in [0.25, 0.3) is 0 Å². The summed E-state index contributed by atoms with van der Waals surface area (Å²) in [4.78, 5) is 0. The molecule has 0 saturated carbocycles. The maximum atomic E-state index is 5.64. The van der Waals surface area contributed by atoms with Crippen LogP contribution in [0.2, 0.25) is 0 Å². The molecule has 2 heteroatoms. The van der Waals surface area contributed by atoms with E-state index in [1.165, 1.54) is 19.3 Å². The lowest BCUT2D eigenvalue weighted by Crippen LogP contribution is -2.34. The molecule has 1 N–H and O–H groups in total. The third-order valence-electron chi connectivity index (χ3n) is 3.37. The standard InChI is InChI=1S/C13H27NO/c1-10-8-11(9-15-10)12(14-5)6-7-13(2,3)4/h10-12,14H,6-9H2,1-5H3. The van der Waals surface area contributed by atoms with E-state index >= 15 is 0 Å². The van der Waals surface area contributed by atoms with E-state index in [4.69, 9.17) is 4.74 Å². The Hall–Kier alpha value is -0.0800. The van der Waals surface area contributed by atoms with Crippen molar-refractivity contribution in [1.82, 2.24) is 5.32 Å². The largest absolute Gasteiger partial charge is 0.378 e. The van der Waals surface area contributed by atoms with Crippen molar-refractivity contribution in [2.24, 2.45) is 11.3 Å². The number of nitrogens with one attached hydrogen (secondary N) is 1. The van der Waals surface area contributed by atoms with Gasteiger partial charge < -0.3 is 10.1 Å². The van der Waals surface area contributed by atoms with Crippen molar-refractivity contribution in [2.45, 2.75) is 59.1 Å². The first-order valence-corrected chi connectivity index (χ1v) is 6.21. The van der Waals surface area contributed by atoms with Crippen LogP contribution in [0.15, 0.2) is 0 Å². The van der Waals surface area contributed by atoms with E-state index in [1.807, 2.05) is 0 Å². The minimum absolute atomic E-state index is 0.445. The van der Waals surface area contributed by atoms with Crippen LogP contribution < -0.4 is 5.32 Å². The van der Waals surface area contributed by atoms with Gasteiger partial charge in [-0.3, -0.25) is 0 Å². The van der Waals surface area contributed by atoms with E-state index < -0.39 is 0 Å². The predicted octanol–water partition coefficient (Wildman–Crippen LogP) is 2.83. The van der Waals surface area contributed by atoms with Crippen molar-refractivity contribution in [3.8, 4) is 0 Å². The van der Waals surface area contributed by atoms with Gasteiger partial charge in [0.05, 0.1) is 12.7 Å². The summed E-state index contributed by atoms with van der Waals surface area (Å²) in [5, 5.41) is 3.46. The van der Waals surface area contributed by atoms with Crippen LogP contribution in [0.4, 0.5) is 0 Å². The van der Waals surface area contributed by atoms with E-state index in [0.29, 0.717) is 23.5 Å². The fourth-order valence-corrected chi connectivity index (χ4v) is 2.33. The molecule has 90 valence electrons. The molecule has 0 amide bonds. The van der Waals surface area contributed by atoms with Crippen LogP contribution >= 0.6 is 0 Å². The van der Waals surface area contributed by atoms with Crippen molar-refractivity contribution < 1.29 is 4.74 Å². The highest BCUT2D eigenvalue weighted by molar-refractivity contribution is 4.82. The third kappa shape index (κ3) is 4.52. The fraction of sp³-hybridized carbons (Fsp3) is 1.00. The Morgan fingerprint density at radius 3 is 2.47 bits per heavy atom. The van der Waals surface area contributed by atoms with E-state index in [2.05, 4.69) is 40.1 Å². The second-order valence-corrected chi connectivity index (χ2v) is 6.13. The predicted molar refractivity (Wildman–Crippen MR) is 65.1 cm³/mol. The molecule has 1 saturated heterocycles. The van der Waals surface area contributed by atoms with Crippen LogP contribution in [-0.4, -0.2) is 25.8 Å². The molecule has 15 heavy (non-hydrogen) atoms.